The van der Waals surface area contributed by atoms with Crippen molar-refractivity contribution in [3.8, 4) is 23.0 Å². The molecule has 3 heterocycles. The summed E-state index contributed by atoms with van der Waals surface area (Å²) >= 11 is 0. The second-order valence-corrected chi connectivity index (χ2v) is 20.2. The SMILES string of the molecule is [2H]c1cc2c3c(c1)Oc1c(cc4c(c1N(c1ccc(C(C)(C)C)cc1)c1ccc(C(C)(C)C)cc1)C1C=CC=CC1N4c1ccc(C)cc1)B3c1cc(C(C)(C)C)ccc1O2. The zero-order valence-electron chi connectivity index (χ0n) is 37.6. The normalized spacial score (nSPS) is 17.5. The predicted molar refractivity (Wildman–Crippen MR) is 253 cm³/mol. The lowest BCUT2D eigenvalue weighted by atomic mass is 9.34. The van der Waals surface area contributed by atoms with E-state index in [9.17, 15) is 0 Å². The molecule has 5 heteroatoms. The van der Waals surface area contributed by atoms with Gasteiger partial charge < -0.3 is 19.3 Å². The highest BCUT2D eigenvalue weighted by atomic mass is 16.5. The van der Waals surface area contributed by atoms with E-state index in [-0.39, 0.29) is 34.9 Å². The van der Waals surface area contributed by atoms with Crippen molar-refractivity contribution in [2.75, 3.05) is 9.80 Å². The predicted octanol–water partition coefficient (Wildman–Crippen LogP) is 12.8. The Bertz CT molecular complexity index is 2730. The van der Waals surface area contributed by atoms with Crippen molar-refractivity contribution in [2.24, 2.45) is 0 Å². The molecular weight excluding hydrogens is 731 g/mol. The summed E-state index contributed by atoms with van der Waals surface area (Å²) < 4.78 is 23.1. The Morgan fingerprint density at radius 1 is 0.600 bits per heavy atom. The van der Waals surface area contributed by atoms with Crippen LogP contribution >= 0.6 is 0 Å². The summed E-state index contributed by atoms with van der Waals surface area (Å²) in [4.78, 5) is 4.99. The third-order valence-corrected chi connectivity index (χ3v) is 13.0. The van der Waals surface area contributed by atoms with Crippen molar-refractivity contribution in [1.82, 2.24) is 0 Å². The summed E-state index contributed by atoms with van der Waals surface area (Å²) in [5.41, 5.74) is 14.8. The molecule has 0 radical (unpaired) electrons. The largest absolute Gasteiger partial charge is 0.458 e. The Hall–Kier alpha value is -5.94. The van der Waals surface area contributed by atoms with Gasteiger partial charge in [0.25, 0.3) is 6.71 Å². The van der Waals surface area contributed by atoms with Crippen LogP contribution in [0.1, 0.15) is 97.4 Å². The molecule has 0 saturated carbocycles. The average molecular weight is 788 g/mol. The van der Waals surface area contributed by atoms with E-state index in [4.69, 9.17) is 10.8 Å². The van der Waals surface area contributed by atoms with Gasteiger partial charge in [-0.05, 0) is 111 Å². The Morgan fingerprint density at radius 3 is 1.77 bits per heavy atom. The third-order valence-electron chi connectivity index (χ3n) is 13.0. The number of benzene rings is 6. The van der Waals surface area contributed by atoms with Crippen molar-refractivity contribution in [1.29, 1.82) is 0 Å². The van der Waals surface area contributed by atoms with E-state index < -0.39 is 0 Å². The molecule has 300 valence electrons. The molecular formula is C55H55BN2O2. The number of allylic oxidation sites excluding steroid dienone is 2. The van der Waals surface area contributed by atoms with Gasteiger partial charge in [-0.1, -0.05) is 147 Å². The fourth-order valence-corrected chi connectivity index (χ4v) is 9.62. The number of hydrogen-bond acceptors (Lipinski definition) is 4. The lowest BCUT2D eigenvalue weighted by molar-refractivity contribution is 0.464. The first kappa shape index (κ1) is 37.1. The maximum atomic E-state index is 8.99. The number of aryl methyl sites for hydroxylation is 1. The topological polar surface area (TPSA) is 24.9 Å². The van der Waals surface area contributed by atoms with Gasteiger partial charge in [-0.25, -0.2) is 0 Å². The van der Waals surface area contributed by atoms with E-state index in [1.807, 2.05) is 12.1 Å². The van der Waals surface area contributed by atoms with Crippen LogP contribution in [0, 0.1) is 6.92 Å². The van der Waals surface area contributed by atoms with Crippen LogP contribution in [0.5, 0.6) is 23.0 Å². The summed E-state index contributed by atoms with van der Waals surface area (Å²) in [6.45, 7) is 22.4. The van der Waals surface area contributed by atoms with Crippen molar-refractivity contribution >= 4 is 51.5 Å². The van der Waals surface area contributed by atoms with Gasteiger partial charge in [-0.2, -0.15) is 0 Å². The number of fused-ring (bicyclic) bond motifs is 7. The molecule has 0 N–H and O–H groups in total. The Balaban J connectivity index is 1.33. The quantitative estimate of drug-likeness (QED) is 0.166. The molecule has 0 aromatic heterocycles. The standard InChI is InChI=1S/C55H55BN2O2/c1-34-18-25-40(26-19-34)58-44-15-12-11-14-41(44)49-45(58)33-43-52(60-48-17-13-16-47-50(48)56(43)42-32-37(55(8,9)10)24-31-46(42)59-47)51(49)57(38-27-20-35(21-28-38)53(2,3)4)39-29-22-36(23-30-39)54(5,6)7/h11-33,41,44H,1-10H3/i13D. The number of ether oxygens (including phenoxy) is 2. The van der Waals surface area contributed by atoms with E-state index in [1.54, 1.807) is 0 Å². The average Bonchev–Trinajstić information content (AvgIpc) is 3.54. The molecule has 2 unspecified atom stereocenters. The van der Waals surface area contributed by atoms with E-state index in [0.29, 0.717) is 17.5 Å². The number of hydrogen-bond donors (Lipinski definition) is 0. The fourth-order valence-electron chi connectivity index (χ4n) is 9.62. The van der Waals surface area contributed by atoms with Crippen molar-refractivity contribution in [3.05, 3.63) is 167 Å². The minimum Gasteiger partial charge on any atom is -0.458 e. The third kappa shape index (κ3) is 6.19. The molecule has 0 fully saturated rings. The molecule has 4 aliphatic rings. The van der Waals surface area contributed by atoms with Crippen LogP contribution in [0.3, 0.4) is 0 Å². The highest BCUT2D eigenvalue weighted by Crippen LogP contribution is 2.57. The molecule has 10 rings (SSSR count). The Labute approximate surface area is 358 Å². The van der Waals surface area contributed by atoms with Gasteiger partial charge in [0.15, 0.2) is 0 Å². The van der Waals surface area contributed by atoms with Crippen LogP contribution in [0.15, 0.2) is 140 Å². The molecule has 6 aromatic carbocycles. The number of anilines is 5. The van der Waals surface area contributed by atoms with E-state index in [0.717, 1.165) is 56.3 Å². The second-order valence-electron chi connectivity index (χ2n) is 20.2. The van der Waals surface area contributed by atoms with E-state index in [1.165, 1.54) is 27.8 Å². The van der Waals surface area contributed by atoms with Crippen molar-refractivity contribution in [2.45, 2.75) is 97.4 Å². The van der Waals surface area contributed by atoms with Crippen LogP contribution < -0.4 is 35.7 Å². The molecule has 3 aliphatic heterocycles. The minimum absolute atomic E-state index is 0.00723. The second kappa shape index (κ2) is 13.5. The lowest BCUT2D eigenvalue weighted by Gasteiger charge is -2.38. The maximum absolute atomic E-state index is 8.99. The highest BCUT2D eigenvalue weighted by Gasteiger charge is 2.48. The summed E-state index contributed by atoms with van der Waals surface area (Å²) in [5.74, 6) is 3.01. The van der Waals surface area contributed by atoms with Crippen LogP contribution in [-0.2, 0) is 16.2 Å². The summed E-state index contributed by atoms with van der Waals surface area (Å²) in [6, 6.07) is 40.4. The van der Waals surface area contributed by atoms with Gasteiger partial charge in [0.2, 0.25) is 0 Å². The molecule has 0 amide bonds. The summed E-state index contributed by atoms with van der Waals surface area (Å²) in [6.07, 6.45) is 9.12. The van der Waals surface area contributed by atoms with Gasteiger partial charge >= 0.3 is 0 Å². The van der Waals surface area contributed by atoms with Gasteiger partial charge in [0, 0.05) is 39.7 Å². The lowest BCUT2D eigenvalue weighted by Crippen LogP contribution is -2.58. The smallest absolute Gasteiger partial charge is 0.260 e. The van der Waals surface area contributed by atoms with Crippen LogP contribution in [-0.4, -0.2) is 12.8 Å². The van der Waals surface area contributed by atoms with E-state index >= 15 is 0 Å². The van der Waals surface area contributed by atoms with Crippen LogP contribution in [0.4, 0.5) is 28.4 Å². The minimum atomic E-state index is -0.202. The van der Waals surface area contributed by atoms with Gasteiger partial charge in [0.1, 0.15) is 23.0 Å². The Kier molecular flexibility index (Phi) is 8.37. The molecule has 0 bridgehead atoms. The molecule has 0 spiro atoms. The molecule has 2 atom stereocenters. The first-order chi connectivity index (χ1) is 29.0. The molecule has 60 heavy (non-hydrogen) atoms. The summed E-state index contributed by atoms with van der Waals surface area (Å²) in [5, 5.41) is 0. The summed E-state index contributed by atoms with van der Waals surface area (Å²) in [7, 11) is 0. The zero-order chi connectivity index (χ0) is 42.7. The number of rotatable bonds is 4. The first-order valence-electron chi connectivity index (χ1n) is 22.0. The fraction of sp³-hybridized carbons (Fsp3) is 0.273. The highest BCUT2D eigenvalue weighted by molar-refractivity contribution is 6.98. The van der Waals surface area contributed by atoms with Crippen molar-refractivity contribution < 1.29 is 10.8 Å². The molecule has 1 aliphatic carbocycles. The number of nitrogens with zero attached hydrogens (tertiary/aromatic N) is 2. The monoisotopic (exact) mass is 787 g/mol. The van der Waals surface area contributed by atoms with E-state index in [2.05, 4.69) is 200 Å². The van der Waals surface area contributed by atoms with Crippen LogP contribution in [0.2, 0.25) is 0 Å². The Morgan fingerprint density at radius 2 is 1.17 bits per heavy atom. The molecule has 6 aromatic rings. The maximum Gasteiger partial charge on any atom is 0.260 e. The van der Waals surface area contributed by atoms with Gasteiger partial charge in [-0.15, -0.1) is 0 Å². The molecule has 0 saturated heterocycles. The van der Waals surface area contributed by atoms with Gasteiger partial charge in [-0.3, -0.25) is 0 Å². The molecule has 4 nitrogen and oxygen atoms in total. The zero-order valence-corrected chi connectivity index (χ0v) is 36.6. The van der Waals surface area contributed by atoms with Gasteiger partial charge in [0.05, 0.1) is 13.1 Å². The van der Waals surface area contributed by atoms with Crippen molar-refractivity contribution in [3.63, 3.8) is 0 Å². The van der Waals surface area contributed by atoms with Crippen LogP contribution in [0.25, 0.3) is 0 Å². The first-order valence-corrected chi connectivity index (χ1v) is 21.5.